The Hall–Kier alpha value is -0.300. The van der Waals surface area contributed by atoms with Gasteiger partial charge in [-0.15, -0.1) is 0 Å². The van der Waals surface area contributed by atoms with Gasteiger partial charge in [0.1, 0.15) is 5.75 Å². The first-order valence-corrected chi connectivity index (χ1v) is 7.90. The lowest BCUT2D eigenvalue weighted by atomic mass is 9.99. The van der Waals surface area contributed by atoms with Gasteiger partial charge in [0.25, 0.3) is 5.91 Å². The fraction of sp³-hybridized carbons (Fsp3) is 0.462. The molecule has 0 aliphatic carbocycles. The number of carbonyl (C=O) groups is 1. The minimum atomic E-state index is 0.00736. The van der Waals surface area contributed by atoms with Crippen LogP contribution < -0.4 is 0 Å². The van der Waals surface area contributed by atoms with Crippen molar-refractivity contribution in [2.45, 2.75) is 18.2 Å². The lowest BCUT2D eigenvalue weighted by molar-refractivity contribution is 0.0690. The number of benzene rings is 1. The highest BCUT2D eigenvalue weighted by Crippen LogP contribution is 2.26. The normalized spacial score (nSPS) is 24.1. The van der Waals surface area contributed by atoms with Gasteiger partial charge in [0.15, 0.2) is 0 Å². The summed E-state index contributed by atoms with van der Waals surface area (Å²) in [6, 6.07) is 5.09. The number of phenolic OH excluding ortho intramolecular Hbond substituents is 1. The van der Waals surface area contributed by atoms with Crippen molar-refractivity contribution in [2.24, 2.45) is 5.92 Å². The average molecular weight is 424 g/mol. The number of nitrogens with zero attached hydrogens (tertiary/aromatic N) is 1. The topological polar surface area (TPSA) is 40.5 Å². The maximum Gasteiger partial charge on any atom is 0.253 e. The standard InChI is InChI=1S/C13H15BrINO2/c1-8-7-16(5-4-10(8)14)13(18)9-2-3-11(15)12(17)6-9/h2-3,6,8,10,17H,4-5,7H2,1H3. The highest BCUT2D eigenvalue weighted by atomic mass is 127. The molecule has 2 atom stereocenters. The predicted molar refractivity (Wildman–Crippen MR) is 83.2 cm³/mol. The van der Waals surface area contributed by atoms with E-state index in [-0.39, 0.29) is 11.7 Å². The van der Waals surface area contributed by atoms with E-state index in [0.29, 0.717) is 16.3 Å². The lowest BCUT2D eigenvalue weighted by Gasteiger charge is -2.34. The van der Waals surface area contributed by atoms with E-state index in [1.54, 1.807) is 18.2 Å². The summed E-state index contributed by atoms with van der Waals surface area (Å²) < 4.78 is 0.761. The Bertz CT molecular complexity index is 466. The zero-order valence-electron chi connectivity index (χ0n) is 10.1. The van der Waals surface area contributed by atoms with Crippen LogP contribution in [0.4, 0.5) is 0 Å². The minimum Gasteiger partial charge on any atom is -0.507 e. The summed E-state index contributed by atoms with van der Waals surface area (Å²) in [6.07, 6.45) is 0.975. The van der Waals surface area contributed by atoms with Crippen molar-refractivity contribution >= 4 is 44.4 Å². The summed E-state index contributed by atoms with van der Waals surface area (Å²) in [5.41, 5.74) is 0.563. The van der Waals surface area contributed by atoms with Crippen molar-refractivity contribution in [3.63, 3.8) is 0 Å². The van der Waals surface area contributed by atoms with Crippen LogP contribution in [0, 0.1) is 9.49 Å². The van der Waals surface area contributed by atoms with E-state index in [1.807, 2.05) is 27.5 Å². The number of alkyl halides is 1. The van der Waals surface area contributed by atoms with Gasteiger partial charge >= 0.3 is 0 Å². The first-order chi connectivity index (χ1) is 8.49. The summed E-state index contributed by atoms with van der Waals surface area (Å²) in [5, 5.41) is 9.66. The van der Waals surface area contributed by atoms with Crippen LogP contribution in [0.2, 0.25) is 0 Å². The number of aromatic hydroxyl groups is 1. The minimum absolute atomic E-state index is 0.00736. The van der Waals surface area contributed by atoms with Crippen molar-refractivity contribution in [1.82, 2.24) is 4.90 Å². The number of likely N-dealkylation sites (tertiary alicyclic amines) is 1. The number of amides is 1. The Kier molecular flexibility index (Phi) is 4.53. The van der Waals surface area contributed by atoms with E-state index < -0.39 is 0 Å². The van der Waals surface area contributed by atoms with Gasteiger partial charge in [-0.2, -0.15) is 0 Å². The van der Waals surface area contributed by atoms with E-state index in [0.717, 1.165) is 23.1 Å². The molecule has 1 fully saturated rings. The van der Waals surface area contributed by atoms with Crippen molar-refractivity contribution in [2.75, 3.05) is 13.1 Å². The molecule has 1 heterocycles. The van der Waals surface area contributed by atoms with Gasteiger partial charge in [-0.1, -0.05) is 22.9 Å². The van der Waals surface area contributed by atoms with Gasteiger partial charge in [0.05, 0.1) is 3.57 Å². The molecule has 0 aromatic heterocycles. The second-order valence-corrected chi connectivity index (χ2v) is 7.04. The third-order valence-corrected chi connectivity index (χ3v) is 5.55. The molecule has 1 aliphatic heterocycles. The SMILES string of the molecule is CC1CN(C(=O)c2ccc(I)c(O)c2)CCC1Br. The van der Waals surface area contributed by atoms with Gasteiger partial charge in [0, 0.05) is 23.5 Å². The molecule has 18 heavy (non-hydrogen) atoms. The molecule has 0 spiro atoms. The molecule has 1 aromatic carbocycles. The molecule has 0 saturated carbocycles. The van der Waals surface area contributed by atoms with E-state index in [1.165, 1.54) is 0 Å². The highest BCUT2D eigenvalue weighted by Gasteiger charge is 2.27. The van der Waals surface area contributed by atoms with Crippen molar-refractivity contribution in [3.8, 4) is 5.75 Å². The van der Waals surface area contributed by atoms with E-state index in [2.05, 4.69) is 22.9 Å². The Labute approximate surface area is 129 Å². The first kappa shape index (κ1) is 14.1. The number of piperidine rings is 1. The van der Waals surface area contributed by atoms with Crippen LogP contribution in [-0.4, -0.2) is 33.8 Å². The van der Waals surface area contributed by atoms with E-state index >= 15 is 0 Å². The largest absolute Gasteiger partial charge is 0.507 e. The number of phenols is 1. The Morgan fingerprint density at radius 2 is 2.28 bits per heavy atom. The maximum absolute atomic E-state index is 12.3. The first-order valence-electron chi connectivity index (χ1n) is 5.91. The van der Waals surface area contributed by atoms with Gasteiger partial charge < -0.3 is 10.0 Å². The number of carbonyl (C=O) groups excluding carboxylic acids is 1. The molecule has 3 nitrogen and oxygen atoms in total. The van der Waals surface area contributed by atoms with Crippen molar-refractivity contribution < 1.29 is 9.90 Å². The number of halogens is 2. The molecule has 1 saturated heterocycles. The third kappa shape index (κ3) is 2.99. The van der Waals surface area contributed by atoms with Crippen LogP contribution in [0.1, 0.15) is 23.7 Å². The summed E-state index contributed by atoms with van der Waals surface area (Å²) in [4.78, 5) is 14.7. The number of hydrogen-bond donors (Lipinski definition) is 1. The lowest BCUT2D eigenvalue weighted by Crippen LogP contribution is -2.43. The number of rotatable bonds is 1. The highest BCUT2D eigenvalue weighted by molar-refractivity contribution is 14.1. The predicted octanol–water partition coefficient (Wildman–Crippen LogP) is 3.24. The van der Waals surface area contributed by atoms with E-state index in [9.17, 15) is 9.90 Å². The molecule has 2 unspecified atom stereocenters. The quantitative estimate of drug-likeness (QED) is 0.556. The molecule has 0 bridgehead atoms. The van der Waals surface area contributed by atoms with Crippen LogP contribution in [0.15, 0.2) is 18.2 Å². The molecule has 5 heteroatoms. The van der Waals surface area contributed by atoms with Crippen LogP contribution in [-0.2, 0) is 0 Å². The molecule has 0 radical (unpaired) electrons. The molecule has 1 amide bonds. The second kappa shape index (κ2) is 5.77. The monoisotopic (exact) mass is 423 g/mol. The average Bonchev–Trinajstić information content (AvgIpc) is 2.35. The molecule has 1 aliphatic rings. The maximum atomic E-state index is 12.3. The van der Waals surface area contributed by atoms with Gasteiger partial charge in [0.2, 0.25) is 0 Å². The smallest absolute Gasteiger partial charge is 0.253 e. The zero-order valence-corrected chi connectivity index (χ0v) is 13.8. The summed E-state index contributed by atoms with van der Waals surface area (Å²) >= 11 is 5.67. The zero-order chi connectivity index (χ0) is 13.3. The fourth-order valence-corrected chi connectivity index (χ4v) is 2.84. The van der Waals surface area contributed by atoms with Crippen LogP contribution >= 0.6 is 38.5 Å². The second-order valence-electron chi connectivity index (χ2n) is 4.70. The third-order valence-electron chi connectivity index (χ3n) is 3.28. The van der Waals surface area contributed by atoms with Crippen molar-refractivity contribution in [3.05, 3.63) is 27.3 Å². The molecule has 1 N–H and O–H groups in total. The molecule has 2 rings (SSSR count). The fourth-order valence-electron chi connectivity index (χ4n) is 2.13. The Morgan fingerprint density at radius 3 is 2.89 bits per heavy atom. The Morgan fingerprint density at radius 1 is 1.56 bits per heavy atom. The van der Waals surface area contributed by atoms with Crippen LogP contribution in [0.25, 0.3) is 0 Å². The van der Waals surface area contributed by atoms with Gasteiger partial charge in [-0.05, 0) is 53.1 Å². The Balaban J connectivity index is 2.14. The molecular weight excluding hydrogens is 409 g/mol. The molecule has 98 valence electrons. The van der Waals surface area contributed by atoms with Gasteiger partial charge in [-0.3, -0.25) is 4.79 Å². The number of hydrogen-bond acceptors (Lipinski definition) is 2. The molecule has 1 aromatic rings. The van der Waals surface area contributed by atoms with Crippen LogP contribution in [0.3, 0.4) is 0 Å². The summed E-state index contributed by atoms with van der Waals surface area (Å²) in [5.74, 6) is 0.637. The van der Waals surface area contributed by atoms with Crippen LogP contribution in [0.5, 0.6) is 5.75 Å². The summed E-state index contributed by atoms with van der Waals surface area (Å²) in [6.45, 7) is 3.68. The van der Waals surface area contributed by atoms with E-state index in [4.69, 9.17) is 0 Å². The summed E-state index contributed by atoms with van der Waals surface area (Å²) in [7, 11) is 0. The van der Waals surface area contributed by atoms with Gasteiger partial charge in [-0.25, -0.2) is 0 Å². The molecular formula is C13H15BrINO2. The van der Waals surface area contributed by atoms with Crippen molar-refractivity contribution in [1.29, 1.82) is 0 Å².